The highest BCUT2D eigenvalue weighted by Gasteiger charge is 2.29. The van der Waals surface area contributed by atoms with E-state index in [4.69, 9.17) is 4.98 Å². The number of halogens is 2. The molecule has 0 radical (unpaired) electrons. The van der Waals surface area contributed by atoms with Gasteiger partial charge in [-0.3, -0.25) is 0 Å². The Bertz CT molecular complexity index is 1280. The zero-order valence-electron chi connectivity index (χ0n) is 17.6. The Morgan fingerprint density at radius 3 is 2.56 bits per heavy atom. The third kappa shape index (κ3) is 3.66. The van der Waals surface area contributed by atoms with Gasteiger partial charge in [-0.15, -0.1) is 0 Å². The smallest absolute Gasteiger partial charge is 0.229 e. The third-order valence-electron chi connectivity index (χ3n) is 5.62. The molecule has 1 aliphatic carbocycles. The number of nitrogens with zero attached hydrogens (tertiary/aromatic N) is 5. The quantitative estimate of drug-likeness (QED) is 0.482. The van der Waals surface area contributed by atoms with Crippen molar-refractivity contribution in [2.24, 2.45) is 0 Å². The van der Waals surface area contributed by atoms with Crippen molar-refractivity contribution in [2.75, 3.05) is 17.7 Å². The molecule has 2 aromatic carbocycles. The number of nitrogens with one attached hydrogen (secondary N) is 2. The topological polar surface area (TPSA) is 80.5 Å². The first-order chi connectivity index (χ1) is 15.5. The van der Waals surface area contributed by atoms with Crippen molar-refractivity contribution in [3.8, 4) is 5.69 Å². The second kappa shape index (κ2) is 7.99. The van der Waals surface area contributed by atoms with Crippen LogP contribution in [0.1, 0.15) is 35.0 Å². The van der Waals surface area contributed by atoms with Crippen molar-refractivity contribution >= 4 is 17.5 Å². The van der Waals surface area contributed by atoms with Crippen LogP contribution < -0.4 is 10.6 Å². The maximum absolute atomic E-state index is 14.7. The maximum Gasteiger partial charge on any atom is 0.229 e. The van der Waals surface area contributed by atoms with Gasteiger partial charge in [0.2, 0.25) is 5.95 Å². The van der Waals surface area contributed by atoms with E-state index in [-0.39, 0.29) is 11.7 Å². The van der Waals surface area contributed by atoms with Gasteiger partial charge in [-0.05, 0) is 55.7 Å². The molecule has 1 atom stereocenters. The largest absolute Gasteiger partial charge is 0.373 e. The van der Waals surface area contributed by atoms with Crippen LogP contribution in [0.25, 0.3) is 5.69 Å². The normalized spacial score (nSPS) is 14.9. The van der Waals surface area contributed by atoms with E-state index in [9.17, 15) is 8.78 Å². The highest BCUT2D eigenvalue weighted by Crippen LogP contribution is 2.40. The summed E-state index contributed by atoms with van der Waals surface area (Å²) in [4.78, 5) is 13.4. The fraction of sp³-hybridized carbons (Fsp3) is 0.217. The number of anilines is 3. The van der Waals surface area contributed by atoms with Gasteiger partial charge in [0, 0.05) is 24.2 Å². The number of aromatic nitrogens is 5. The first-order valence-corrected chi connectivity index (χ1v) is 10.3. The molecule has 0 bridgehead atoms. The van der Waals surface area contributed by atoms with Gasteiger partial charge in [0.1, 0.15) is 29.5 Å². The monoisotopic (exact) mass is 433 g/mol. The molecule has 0 aliphatic heterocycles. The molecule has 1 aliphatic rings. The van der Waals surface area contributed by atoms with Crippen LogP contribution in [0.4, 0.5) is 26.2 Å². The summed E-state index contributed by atoms with van der Waals surface area (Å²) in [5, 5.41) is 10.4. The molecule has 32 heavy (non-hydrogen) atoms. The van der Waals surface area contributed by atoms with Crippen LogP contribution in [0.5, 0.6) is 0 Å². The van der Waals surface area contributed by atoms with E-state index in [0.717, 1.165) is 35.5 Å². The van der Waals surface area contributed by atoms with Crippen LogP contribution >= 0.6 is 0 Å². The van der Waals surface area contributed by atoms with Gasteiger partial charge in [-0.2, -0.15) is 10.1 Å². The summed E-state index contributed by atoms with van der Waals surface area (Å²) in [5.41, 5.74) is 3.78. The average Bonchev–Trinajstić information content (AvgIpc) is 3.40. The lowest BCUT2D eigenvalue weighted by molar-refractivity contribution is 0.610. The van der Waals surface area contributed by atoms with Crippen molar-refractivity contribution in [2.45, 2.75) is 25.7 Å². The van der Waals surface area contributed by atoms with E-state index in [1.165, 1.54) is 29.2 Å². The number of rotatable bonds is 5. The first-order valence-electron chi connectivity index (χ1n) is 10.3. The van der Waals surface area contributed by atoms with Crippen LogP contribution in [-0.4, -0.2) is 31.8 Å². The van der Waals surface area contributed by atoms with Gasteiger partial charge in [-0.1, -0.05) is 12.1 Å². The van der Waals surface area contributed by atoms with E-state index in [0.29, 0.717) is 23.1 Å². The first kappa shape index (κ1) is 20.0. The van der Waals surface area contributed by atoms with Crippen molar-refractivity contribution in [3.63, 3.8) is 0 Å². The van der Waals surface area contributed by atoms with Gasteiger partial charge >= 0.3 is 0 Å². The van der Waals surface area contributed by atoms with Crippen molar-refractivity contribution < 1.29 is 8.78 Å². The molecule has 0 saturated heterocycles. The number of hydrogen-bond donors (Lipinski definition) is 2. The summed E-state index contributed by atoms with van der Waals surface area (Å²) in [5.74, 6) is 1.01. The molecule has 2 N–H and O–H groups in total. The molecule has 162 valence electrons. The molecular formula is C23H21F2N7. The van der Waals surface area contributed by atoms with Crippen LogP contribution in [0.15, 0.2) is 48.8 Å². The van der Waals surface area contributed by atoms with Crippen LogP contribution in [0.2, 0.25) is 0 Å². The highest BCUT2D eigenvalue weighted by atomic mass is 19.1. The van der Waals surface area contributed by atoms with Crippen molar-refractivity contribution in [1.29, 1.82) is 0 Å². The molecule has 0 amide bonds. The van der Waals surface area contributed by atoms with Crippen LogP contribution in [0, 0.1) is 18.6 Å². The van der Waals surface area contributed by atoms with E-state index in [2.05, 4.69) is 25.7 Å². The molecule has 4 aromatic rings. The van der Waals surface area contributed by atoms with Crippen LogP contribution in [-0.2, 0) is 6.42 Å². The summed E-state index contributed by atoms with van der Waals surface area (Å²) in [6, 6.07) is 11.3. The highest BCUT2D eigenvalue weighted by molar-refractivity contribution is 5.61. The molecule has 1 unspecified atom stereocenters. The molecule has 9 heteroatoms. The Hall–Kier alpha value is -3.88. The number of benzene rings is 2. The van der Waals surface area contributed by atoms with E-state index < -0.39 is 5.82 Å². The molecular weight excluding hydrogens is 412 g/mol. The molecule has 5 rings (SSSR count). The third-order valence-corrected chi connectivity index (χ3v) is 5.62. The Morgan fingerprint density at radius 2 is 1.88 bits per heavy atom. The second-order valence-corrected chi connectivity index (χ2v) is 7.68. The predicted octanol–water partition coefficient (Wildman–Crippen LogP) is 4.51. The molecule has 0 fully saturated rings. The summed E-state index contributed by atoms with van der Waals surface area (Å²) in [6.45, 7) is 1.74. The standard InChI is InChI=1S/C23H21F2N7/c1-13-27-12-32(31-13)20-10-7-16(11-19(20)25)28-23-29-21-17(14-3-5-15(24)6-4-14)8-9-18(21)22(26-2)30-23/h3-7,10-12,17H,8-9H2,1-2H3,(H2,26,28,29,30). The van der Waals surface area contributed by atoms with Gasteiger partial charge in [-0.25, -0.2) is 23.4 Å². The SMILES string of the molecule is CNc1nc(Nc2ccc(-n3cnc(C)n3)c(F)c2)nc2c1CCC2c1ccc(F)cc1. The molecule has 0 spiro atoms. The maximum atomic E-state index is 14.7. The molecule has 2 heterocycles. The lowest BCUT2D eigenvalue weighted by Crippen LogP contribution is -2.08. The summed E-state index contributed by atoms with van der Waals surface area (Å²) < 4.78 is 29.5. The molecule has 2 aromatic heterocycles. The predicted molar refractivity (Wildman–Crippen MR) is 117 cm³/mol. The summed E-state index contributed by atoms with van der Waals surface area (Å²) >= 11 is 0. The molecule has 0 saturated carbocycles. The van der Waals surface area contributed by atoms with Gasteiger partial charge < -0.3 is 10.6 Å². The van der Waals surface area contributed by atoms with E-state index >= 15 is 0 Å². The zero-order valence-corrected chi connectivity index (χ0v) is 17.6. The lowest BCUT2D eigenvalue weighted by atomic mass is 9.97. The molecule has 7 nitrogen and oxygen atoms in total. The minimum Gasteiger partial charge on any atom is -0.373 e. The van der Waals surface area contributed by atoms with E-state index in [1.54, 1.807) is 31.2 Å². The Labute approximate surface area is 183 Å². The van der Waals surface area contributed by atoms with Gasteiger partial charge in [0.25, 0.3) is 0 Å². The van der Waals surface area contributed by atoms with Crippen molar-refractivity contribution in [1.82, 2.24) is 24.7 Å². The Balaban J connectivity index is 1.46. The van der Waals surface area contributed by atoms with Crippen molar-refractivity contribution in [3.05, 3.63) is 83.1 Å². The van der Waals surface area contributed by atoms with Gasteiger partial charge in [0.05, 0.1) is 5.69 Å². The minimum absolute atomic E-state index is 0.0518. The lowest BCUT2D eigenvalue weighted by Gasteiger charge is -2.15. The average molecular weight is 433 g/mol. The second-order valence-electron chi connectivity index (χ2n) is 7.68. The summed E-state index contributed by atoms with van der Waals surface area (Å²) in [6.07, 6.45) is 3.17. The number of hydrogen-bond acceptors (Lipinski definition) is 6. The minimum atomic E-state index is -0.445. The van der Waals surface area contributed by atoms with Crippen LogP contribution in [0.3, 0.4) is 0 Å². The zero-order chi connectivity index (χ0) is 22.2. The number of aryl methyl sites for hydroxylation is 1. The number of fused-ring (bicyclic) bond motifs is 1. The van der Waals surface area contributed by atoms with Gasteiger partial charge in [0.15, 0.2) is 5.82 Å². The fourth-order valence-corrected chi connectivity index (χ4v) is 4.11. The van der Waals surface area contributed by atoms with E-state index in [1.807, 2.05) is 7.05 Å². The summed E-state index contributed by atoms with van der Waals surface area (Å²) in [7, 11) is 1.81. The Kier molecular flexibility index (Phi) is 5.01. The fourth-order valence-electron chi connectivity index (χ4n) is 4.11. The Morgan fingerprint density at radius 1 is 1.06 bits per heavy atom.